The van der Waals surface area contributed by atoms with E-state index in [0.717, 1.165) is 32.7 Å². The summed E-state index contributed by atoms with van der Waals surface area (Å²) in [6.07, 6.45) is 2.35. The van der Waals surface area contributed by atoms with Crippen molar-refractivity contribution in [2.24, 2.45) is 10.8 Å². The molecule has 1 amide bonds. The first-order chi connectivity index (χ1) is 6.93. The van der Waals surface area contributed by atoms with Gasteiger partial charge in [0.25, 0.3) is 0 Å². The highest BCUT2D eigenvalue weighted by atomic mass is 16.5. The number of likely N-dealkylation sites (tertiary alicyclic amines) is 1. The fourth-order valence-electron chi connectivity index (χ4n) is 2.48. The Labute approximate surface area is 91.8 Å². The zero-order chi connectivity index (χ0) is 11.1. The Morgan fingerprint density at radius 1 is 1.33 bits per heavy atom. The van der Waals surface area contributed by atoms with Crippen LogP contribution in [0.15, 0.2) is 0 Å². The van der Waals surface area contributed by atoms with Crippen LogP contribution in [0.1, 0.15) is 33.6 Å². The number of carbonyl (C=O) groups is 1. The minimum Gasteiger partial charge on any atom is -0.380 e. The van der Waals surface area contributed by atoms with Crippen molar-refractivity contribution in [2.45, 2.75) is 33.6 Å². The van der Waals surface area contributed by atoms with Crippen LogP contribution < -0.4 is 0 Å². The van der Waals surface area contributed by atoms with E-state index in [1.807, 2.05) is 25.7 Å². The van der Waals surface area contributed by atoms with E-state index in [0.29, 0.717) is 5.41 Å². The lowest BCUT2D eigenvalue weighted by Crippen LogP contribution is -2.57. The molecule has 2 aliphatic heterocycles. The summed E-state index contributed by atoms with van der Waals surface area (Å²) in [4.78, 5) is 14.2. The monoisotopic (exact) mass is 211 g/mol. The van der Waals surface area contributed by atoms with Crippen LogP contribution >= 0.6 is 0 Å². The summed E-state index contributed by atoms with van der Waals surface area (Å²) in [6, 6.07) is 0. The molecular weight excluding hydrogens is 190 g/mol. The van der Waals surface area contributed by atoms with Gasteiger partial charge in [0.1, 0.15) is 0 Å². The third kappa shape index (κ3) is 2.03. The molecule has 0 bridgehead atoms. The van der Waals surface area contributed by atoms with Gasteiger partial charge in [-0.2, -0.15) is 0 Å². The van der Waals surface area contributed by atoms with Crippen molar-refractivity contribution in [2.75, 3.05) is 26.3 Å². The summed E-state index contributed by atoms with van der Waals surface area (Å²) in [5.41, 5.74) is 0.0578. The second-order valence-corrected chi connectivity index (χ2v) is 6.07. The van der Waals surface area contributed by atoms with E-state index in [2.05, 4.69) is 0 Å². The van der Waals surface area contributed by atoms with Crippen LogP contribution in [-0.2, 0) is 9.53 Å². The van der Waals surface area contributed by atoms with E-state index < -0.39 is 0 Å². The number of ether oxygens (including phenoxy) is 1. The van der Waals surface area contributed by atoms with Gasteiger partial charge in [-0.25, -0.2) is 0 Å². The van der Waals surface area contributed by atoms with Crippen LogP contribution in [0.25, 0.3) is 0 Å². The lowest BCUT2D eigenvalue weighted by atomic mass is 9.77. The normalized spacial score (nSPS) is 25.1. The largest absolute Gasteiger partial charge is 0.380 e. The average Bonchev–Trinajstić information content (AvgIpc) is 2.13. The molecular formula is C12H21NO2. The molecule has 1 spiro atoms. The molecule has 3 heteroatoms. The molecule has 0 aromatic carbocycles. The van der Waals surface area contributed by atoms with Crippen LogP contribution in [0.3, 0.4) is 0 Å². The topological polar surface area (TPSA) is 29.5 Å². The van der Waals surface area contributed by atoms with E-state index in [9.17, 15) is 4.79 Å². The molecule has 0 aromatic heterocycles. The Kier molecular flexibility index (Phi) is 2.53. The molecule has 0 saturated carbocycles. The van der Waals surface area contributed by atoms with Crippen molar-refractivity contribution in [3.8, 4) is 0 Å². The first kappa shape index (κ1) is 10.9. The van der Waals surface area contributed by atoms with E-state index in [1.165, 1.54) is 6.42 Å². The number of nitrogens with zero attached hydrogens (tertiary/aromatic N) is 1. The maximum absolute atomic E-state index is 12.1. The van der Waals surface area contributed by atoms with Crippen LogP contribution in [0.5, 0.6) is 0 Å². The fourth-order valence-corrected chi connectivity index (χ4v) is 2.48. The van der Waals surface area contributed by atoms with E-state index in [-0.39, 0.29) is 11.3 Å². The summed E-state index contributed by atoms with van der Waals surface area (Å²) >= 11 is 0. The van der Waals surface area contributed by atoms with Crippen LogP contribution in [0.4, 0.5) is 0 Å². The van der Waals surface area contributed by atoms with Gasteiger partial charge in [0, 0.05) is 23.9 Å². The van der Waals surface area contributed by atoms with Gasteiger partial charge in [-0.3, -0.25) is 4.79 Å². The molecule has 15 heavy (non-hydrogen) atoms. The minimum absolute atomic E-state index is 0.247. The van der Waals surface area contributed by atoms with Gasteiger partial charge in [-0.1, -0.05) is 20.8 Å². The zero-order valence-electron chi connectivity index (χ0n) is 10.0. The third-order valence-electron chi connectivity index (χ3n) is 3.41. The predicted molar refractivity (Wildman–Crippen MR) is 58.5 cm³/mol. The van der Waals surface area contributed by atoms with Gasteiger partial charge in [-0.05, 0) is 12.8 Å². The van der Waals surface area contributed by atoms with E-state index in [4.69, 9.17) is 4.74 Å². The number of hydrogen-bond acceptors (Lipinski definition) is 2. The molecule has 0 aliphatic carbocycles. The highest BCUT2D eigenvalue weighted by molar-refractivity contribution is 5.81. The Morgan fingerprint density at radius 3 is 2.47 bits per heavy atom. The quantitative estimate of drug-likeness (QED) is 0.610. The molecule has 2 heterocycles. The van der Waals surface area contributed by atoms with Gasteiger partial charge in [0.05, 0.1) is 13.2 Å². The van der Waals surface area contributed by atoms with Gasteiger partial charge in [0.2, 0.25) is 5.91 Å². The Hall–Kier alpha value is -0.570. The van der Waals surface area contributed by atoms with Crippen molar-refractivity contribution >= 4 is 5.91 Å². The lowest BCUT2D eigenvalue weighted by Gasteiger charge is -2.49. The van der Waals surface area contributed by atoms with Crippen molar-refractivity contribution in [1.82, 2.24) is 4.90 Å². The highest BCUT2D eigenvalue weighted by Crippen LogP contribution is 2.37. The molecule has 0 atom stereocenters. The molecule has 2 fully saturated rings. The Morgan fingerprint density at radius 2 is 2.00 bits per heavy atom. The predicted octanol–water partition coefficient (Wildman–Crippen LogP) is 1.67. The SMILES string of the molecule is CC(C)(C)C(=O)N1CCCC2(COC2)C1. The summed E-state index contributed by atoms with van der Waals surface area (Å²) in [5, 5.41) is 0. The molecule has 2 aliphatic rings. The van der Waals surface area contributed by atoms with Crippen molar-refractivity contribution < 1.29 is 9.53 Å². The average molecular weight is 211 g/mol. The first-order valence-corrected chi connectivity index (χ1v) is 5.80. The number of piperidine rings is 1. The third-order valence-corrected chi connectivity index (χ3v) is 3.41. The molecule has 2 rings (SSSR count). The van der Waals surface area contributed by atoms with E-state index in [1.54, 1.807) is 0 Å². The maximum atomic E-state index is 12.1. The smallest absolute Gasteiger partial charge is 0.227 e. The van der Waals surface area contributed by atoms with Crippen molar-refractivity contribution in [3.05, 3.63) is 0 Å². The minimum atomic E-state index is -0.247. The molecule has 0 aromatic rings. The van der Waals surface area contributed by atoms with Crippen molar-refractivity contribution in [3.63, 3.8) is 0 Å². The number of carbonyl (C=O) groups excluding carboxylic acids is 1. The lowest BCUT2D eigenvalue weighted by molar-refractivity contribution is -0.164. The Balaban J connectivity index is 2.01. The fraction of sp³-hybridized carbons (Fsp3) is 0.917. The zero-order valence-corrected chi connectivity index (χ0v) is 10.0. The first-order valence-electron chi connectivity index (χ1n) is 5.80. The second kappa shape index (κ2) is 3.48. The van der Waals surface area contributed by atoms with Crippen LogP contribution in [-0.4, -0.2) is 37.1 Å². The van der Waals surface area contributed by atoms with Gasteiger partial charge in [-0.15, -0.1) is 0 Å². The number of amides is 1. The summed E-state index contributed by atoms with van der Waals surface area (Å²) in [7, 11) is 0. The number of rotatable bonds is 0. The van der Waals surface area contributed by atoms with Crippen molar-refractivity contribution in [1.29, 1.82) is 0 Å². The highest BCUT2D eigenvalue weighted by Gasteiger charge is 2.44. The van der Waals surface area contributed by atoms with Crippen LogP contribution in [0.2, 0.25) is 0 Å². The Bertz CT molecular complexity index is 263. The van der Waals surface area contributed by atoms with E-state index >= 15 is 0 Å². The number of hydrogen-bond donors (Lipinski definition) is 0. The molecule has 3 nitrogen and oxygen atoms in total. The molecule has 0 N–H and O–H groups in total. The van der Waals surface area contributed by atoms with Gasteiger partial charge >= 0.3 is 0 Å². The maximum Gasteiger partial charge on any atom is 0.227 e. The molecule has 2 saturated heterocycles. The molecule has 0 radical (unpaired) electrons. The molecule has 0 unspecified atom stereocenters. The summed E-state index contributed by atoms with van der Waals surface area (Å²) in [6.45, 7) is 9.51. The van der Waals surface area contributed by atoms with Gasteiger partial charge < -0.3 is 9.64 Å². The summed E-state index contributed by atoms with van der Waals surface area (Å²) < 4.78 is 5.29. The second-order valence-electron chi connectivity index (χ2n) is 6.07. The standard InChI is InChI=1S/C12H21NO2/c1-11(2,3)10(14)13-6-4-5-12(7-13)8-15-9-12/h4-9H2,1-3H3. The van der Waals surface area contributed by atoms with Crippen LogP contribution in [0, 0.1) is 10.8 Å². The summed E-state index contributed by atoms with van der Waals surface area (Å²) in [5.74, 6) is 0.286. The molecule has 86 valence electrons. The van der Waals surface area contributed by atoms with Gasteiger partial charge in [0.15, 0.2) is 0 Å².